The van der Waals surface area contributed by atoms with Gasteiger partial charge in [0, 0.05) is 42.8 Å². The number of benzene rings is 1. The Labute approximate surface area is 125 Å². The van der Waals surface area contributed by atoms with Gasteiger partial charge in [0.1, 0.15) is 12.1 Å². The zero-order valence-electron chi connectivity index (χ0n) is 13.0. The van der Waals surface area contributed by atoms with Crippen molar-refractivity contribution < 1.29 is 0 Å². The fourth-order valence-corrected chi connectivity index (χ4v) is 2.90. The summed E-state index contributed by atoms with van der Waals surface area (Å²) in [6.07, 6.45) is 1.63. The molecular formula is C16H23N5. The summed E-state index contributed by atoms with van der Waals surface area (Å²) in [6, 6.07) is 5.85. The van der Waals surface area contributed by atoms with Crippen LogP contribution in [0.1, 0.15) is 20.8 Å². The molecule has 1 aliphatic rings. The SMILES string of the molecule is CC(C)(C)N1CCN(c2ncnc3cc(N)ccc23)CC1. The second-order valence-corrected chi connectivity index (χ2v) is 6.62. The molecular weight excluding hydrogens is 262 g/mol. The van der Waals surface area contributed by atoms with Gasteiger partial charge in [-0.15, -0.1) is 0 Å². The van der Waals surface area contributed by atoms with Gasteiger partial charge in [0.15, 0.2) is 0 Å². The summed E-state index contributed by atoms with van der Waals surface area (Å²) in [4.78, 5) is 13.7. The first-order valence-corrected chi connectivity index (χ1v) is 7.45. The fourth-order valence-electron chi connectivity index (χ4n) is 2.90. The number of aromatic nitrogens is 2. The number of piperazine rings is 1. The van der Waals surface area contributed by atoms with Crippen molar-refractivity contribution in [2.24, 2.45) is 0 Å². The van der Waals surface area contributed by atoms with Crippen LogP contribution in [0, 0.1) is 0 Å². The van der Waals surface area contributed by atoms with Crippen LogP contribution in [0.2, 0.25) is 0 Å². The number of hydrogen-bond acceptors (Lipinski definition) is 5. The van der Waals surface area contributed by atoms with Crippen LogP contribution in [0.4, 0.5) is 11.5 Å². The van der Waals surface area contributed by atoms with E-state index in [1.54, 1.807) is 6.33 Å². The lowest BCUT2D eigenvalue weighted by Gasteiger charge is -2.42. The summed E-state index contributed by atoms with van der Waals surface area (Å²) in [7, 11) is 0. The lowest BCUT2D eigenvalue weighted by molar-refractivity contribution is 0.128. The summed E-state index contributed by atoms with van der Waals surface area (Å²) < 4.78 is 0. The Bertz CT molecular complexity index is 639. The molecule has 0 atom stereocenters. The first-order valence-electron chi connectivity index (χ1n) is 7.45. The highest BCUT2D eigenvalue weighted by atomic mass is 15.3. The standard InChI is InChI=1S/C16H23N5/c1-16(2,3)21-8-6-20(7-9-21)15-13-5-4-12(17)10-14(13)18-11-19-15/h4-5,10-11H,6-9,17H2,1-3H3. The van der Waals surface area contributed by atoms with Gasteiger partial charge in [-0.25, -0.2) is 9.97 Å². The van der Waals surface area contributed by atoms with Crippen LogP contribution in [0.15, 0.2) is 24.5 Å². The minimum Gasteiger partial charge on any atom is -0.399 e. The maximum Gasteiger partial charge on any atom is 0.139 e. The molecule has 1 aromatic carbocycles. The number of fused-ring (bicyclic) bond motifs is 1. The number of nitrogens with two attached hydrogens (primary N) is 1. The molecule has 0 aliphatic carbocycles. The first kappa shape index (κ1) is 14.1. The highest BCUT2D eigenvalue weighted by molar-refractivity contribution is 5.91. The van der Waals surface area contributed by atoms with E-state index in [0.717, 1.165) is 48.6 Å². The highest BCUT2D eigenvalue weighted by Crippen LogP contribution is 2.26. The average Bonchev–Trinajstić information content (AvgIpc) is 2.45. The van der Waals surface area contributed by atoms with Crippen molar-refractivity contribution in [2.45, 2.75) is 26.3 Å². The zero-order chi connectivity index (χ0) is 15.0. The smallest absolute Gasteiger partial charge is 0.139 e. The molecule has 3 rings (SSSR count). The molecule has 0 spiro atoms. The molecule has 1 aromatic heterocycles. The Morgan fingerprint density at radius 3 is 2.43 bits per heavy atom. The van der Waals surface area contributed by atoms with Crippen LogP contribution < -0.4 is 10.6 Å². The van der Waals surface area contributed by atoms with Crippen LogP contribution in [-0.4, -0.2) is 46.6 Å². The molecule has 2 aromatic rings. The largest absolute Gasteiger partial charge is 0.399 e. The number of hydrogen-bond donors (Lipinski definition) is 1. The summed E-state index contributed by atoms with van der Waals surface area (Å²) in [6.45, 7) is 10.9. The van der Waals surface area contributed by atoms with E-state index >= 15 is 0 Å². The lowest BCUT2D eigenvalue weighted by atomic mass is 10.0. The zero-order valence-corrected chi connectivity index (χ0v) is 13.0. The number of anilines is 2. The van der Waals surface area contributed by atoms with Crippen LogP contribution >= 0.6 is 0 Å². The Kier molecular flexibility index (Phi) is 3.45. The summed E-state index contributed by atoms with van der Waals surface area (Å²) in [5.41, 5.74) is 7.72. The van der Waals surface area contributed by atoms with E-state index in [1.807, 2.05) is 18.2 Å². The molecule has 112 valence electrons. The van der Waals surface area contributed by atoms with E-state index < -0.39 is 0 Å². The molecule has 0 unspecified atom stereocenters. The van der Waals surface area contributed by atoms with Gasteiger partial charge in [-0.2, -0.15) is 0 Å². The van der Waals surface area contributed by atoms with Crippen LogP contribution in [0.25, 0.3) is 10.9 Å². The summed E-state index contributed by atoms with van der Waals surface area (Å²) >= 11 is 0. The predicted molar refractivity (Wildman–Crippen MR) is 87.5 cm³/mol. The van der Waals surface area contributed by atoms with Crippen molar-refractivity contribution >= 4 is 22.4 Å². The number of nitrogens with zero attached hydrogens (tertiary/aromatic N) is 4. The minimum atomic E-state index is 0.230. The van der Waals surface area contributed by atoms with Crippen LogP contribution in [0.5, 0.6) is 0 Å². The summed E-state index contributed by atoms with van der Waals surface area (Å²) in [5.74, 6) is 1.02. The molecule has 5 nitrogen and oxygen atoms in total. The monoisotopic (exact) mass is 285 g/mol. The molecule has 0 radical (unpaired) electrons. The van der Waals surface area contributed by atoms with Crippen molar-refractivity contribution in [1.82, 2.24) is 14.9 Å². The number of nitrogen functional groups attached to an aromatic ring is 1. The van der Waals surface area contributed by atoms with E-state index in [4.69, 9.17) is 5.73 Å². The maximum absolute atomic E-state index is 5.84. The minimum absolute atomic E-state index is 0.230. The second kappa shape index (κ2) is 5.15. The second-order valence-electron chi connectivity index (χ2n) is 6.62. The van der Waals surface area contributed by atoms with Crippen molar-refractivity contribution in [2.75, 3.05) is 36.8 Å². The molecule has 2 N–H and O–H groups in total. The molecule has 0 amide bonds. The van der Waals surface area contributed by atoms with Gasteiger partial charge in [0.2, 0.25) is 0 Å². The van der Waals surface area contributed by atoms with Crippen LogP contribution in [-0.2, 0) is 0 Å². The van der Waals surface area contributed by atoms with Crippen molar-refractivity contribution in [3.8, 4) is 0 Å². The molecule has 21 heavy (non-hydrogen) atoms. The average molecular weight is 285 g/mol. The van der Waals surface area contributed by atoms with Gasteiger partial charge in [-0.1, -0.05) is 0 Å². The quantitative estimate of drug-likeness (QED) is 0.813. The first-order chi connectivity index (χ1) is 9.95. The molecule has 5 heteroatoms. The van der Waals surface area contributed by atoms with E-state index in [-0.39, 0.29) is 5.54 Å². The van der Waals surface area contributed by atoms with Gasteiger partial charge in [0.25, 0.3) is 0 Å². The van der Waals surface area contributed by atoms with E-state index in [2.05, 4.69) is 40.5 Å². The Morgan fingerprint density at radius 2 is 1.76 bits per heavy atom. The topological polar surface area (TPSA) is 58.3 Å². The van der Waals surface area contributed by atoms with Crippen molar-refractivity contribution in [3.63, 3.8) is 0 Å². The van der Waals surface area contributed by atoms with Crippen molar-refractivity contribution in [1.29, 1.82) is 0 Å². The molecule has 2 heterocycles. The third-order valence-corrected chi connectivity index (χ3v) is 4.17. The van der Waals surface area contributed by atoms with Gasteiger partial charge >= 0.3 is 0 Å². The molecule has 1 fully saturated rings. The third-order valence-electron chi connectivity index (χ3n) is 4.17. The summed E-state index contributed by atoms with van der Waals surface area (Å²) in [5, 5.41) is 1.08. The Balaban J connectivity index is 1.86. The van der Waals surface area contributed by atoms with Crippen molar-refractivity contribution in [3.05, 3.63) is 24.5 Å². The van der Waals surface area contributed by atoms with Gasteiger partial charge < -0.3 is 10.6 Å². The third kappa shape index (κ3) is 2.78. The Hall–Kier alpha value is -1.88. The van der Waals surface area contributed by atoms with Gasteiger partial charge in [-0.3, -0.25) is 4.90 Å². The van der Waals surface area contributed by atoms with E-state index in [9.17, 15) is 0 Å². The van der Waals surface area contributed by atoms with Crippen LogP contribution in [0.3, 0.4) is 0 Å². The fraction of sp³-hybridized carbons (Fsp3) is 0.500. The number of rotatable bonds is 1. The normalized spacial score (nSPS) is 17.4. The van der Waals surface area contributed by atoms with E-state index in [1.165, 1.54) is 0 Å². The molecule has 1 saturated heterocycles. The maximum atomic E-state index is 5.84. The molecule has 0 saturated carbocycles. The van der Waals surface area contributed by atoms with Gasteiger partial charge in [-0.05, 0) is 39.0 Å². The molecule has 0 bridgehead atoms. The molecule has 1 aliphatic heterocycles. The highest BCUT2D eigenvalue weighted by Gasteiger charge is 2.26. The van der Waals surface area contributed by atoms with Gasteiger partial charge in [0.05, 0.1) is 5.52 Å². The van der Waals surface area contributed by atoms with E-state index in [0.29, 0.717) is 0 Å². The predicted octanol–water partition coefficient (Wildman–Crippen LogP) is 2.13. The Morgan fingerprint density at radius 1 is 1.05 bits per heavy atom. The lowest BCUT2D eigenvalue weighted by Crippen LogP contribution is -2.53.